The van der Waals surface area contributed by atoms with Crippen molar-refractivity contribution in [2.24, 2.45) is 30.7 Å². The summed E-state index contributed by atoms with van der Waals surface area (Å²) < 4.78 is 0. The highest BCUT2D eigenvalue weighted by Gasteiger charge is 1.87. The van der Waals surface area contributed by atoms with Crippen molar-refractivity contribution in [3.63, 3.8) is 0 Å². The lowest BCUT2D eigenvalue weighted by molar-refractivity contribution is 1.09. The smallest absolute Gasteiger partial charge is 0.0852 e. The quantitative estimate of drug-likeness (QED) is 0.148. The first-order valence-electron chi connectivity index (χ1n) is 21.4. The third kappa shape index (κ3) is 36.5. The molecule has 0 heterocycles. The highest BCUT2D eigenvalue weighted by atomic mass is 15.1. The third-order valence-corrected chi connectivity index (χ3v) is 6.35. The molecule has 60 heavy (non-hydrogen) atoms. The van der Waals surface area contributed by atoms with Crippen molar-refractivity contribution in [3.05, 3.63) is 176 Å². The van der Waals surface area contributed by atoms with E-state index in [1.165, 1.54) is 51.6 Å². The van der Waals surface area contributed by atoms with Crippen molar-refractivity contribution >= 4 is 38.0 Å². The van der Waals surface area contributed by atoms with E-state index >= 15 is 0 Å². The van der Waals surface area contributed by atoms with Crippen LogP contribution in [0.3, 0.4) is 0 Å². The average molecular weight is 813 g/mol. The Hall–Kier alpha value is -5.88. The van der Waals surface area contributed by atoms with Crippen LogP contribution in [0.15, 0.2) is 207 Å². The lowest BCUT2D eigenvalue weighted by Crippen LogP contribution is -1.67. The molecule has 0 N–H and O–H groups in total. The van der Waals surface area contributed by atoms with Crippen molar-refractivity contribution < 1.29 is 0 Å². The van der Waals surface area contributed by atoms with E-state index in [0.29, 0.717) is 0 Å². The molecule has 0 amide bonds. The molecule has 6 nitrogen and oxygen atoms in total. The minimum Gasteiger partial charge on any atom is -0.198 e. The molecule has 0 fully saturated rings. The normalized spacial score (nSPS) is 8.92. The summed E-state index contributed by atoms with van der Waals surface area (Å²) in [5, 5.41) is 28.8. The number of azo groups is 3. The van der Waals surface area contributed by atoms with Gasteiger partial charge in [-0.05, 0) is 44.5 Å². The number of hydrogen-bond donors (Lipinski definition) is 0. The fraction of sp³-hybridized carbons (Fsp3) is 0.333. The predicted octanol–water partition coefficient (Wildman–Crippen LogP) is 18.6. The Morgan fingerprint density at radius 3 is 0.533 bits per heavy atom. The highest BCUT2D eigenvalue weighted by Crippen LogP contribution is 2.13. The average Bonchev–Trinajstić information content (AvgIpc) is 3.32. The summed E-state index contributed by atoms with van der Waals surface area (Å²) in [6.07, 6.45) is 3.75. The zero-order chi connectivity index (χ0) is 45.9. The molecule has 0 spiro atoms. The van der Waals surface area contributed by atoms with Gasteiger partial charge in [0.05, 0.1) is 5.69 Å². The second-order valence-electron chi connectivity index (χ2n) is 11.6. The zero-order valence-corrected chi connectivity index (χ0v) is 40.0. The van der Waals surface area contributed by atoms with Gasteiger partial charge in [-0.2, -0.15) is 30.7 Å². The third-order valence-electron chi connectivity index (χ3n) is 6.35. The second kappa shape index (κ2) is 51.1. The molecule has 0 radical (unpaired) electrons. The Balaban J connectivity index is -0.000000303. The summed E-state index contributed by atoms with van der Waals surface area (Å²) in [4.78, 5) is 0. The van der Waals surface area contributed by atoms with Gasteiger partial charge in [-0.3, -0.25) is 0 Å². The molecule has 0 saturated carbocycles. The maximum atomic E-state index is 3.83. The molecule has 0 aliphatic rings. The van der Waals surface area contributed by atoms with Gasteiger partial charge >= 0.3 is 0 Å². The van der Waals surface area contributed by atoms with Crippen molar-refractivity contribution in [3.8, 4) is 0 Å². The van der Waals surface area contributed by atoms with E-state index < -0.39 is 0 Å². The first-order chi connectivity index (χ1) is 29.4. The Morgan fingerprint density at radius 1 is 0.250 bits per heavy atom. The van der Waals surface area contributed by atoms with E-state index in [0.717, 1.165) is 5.69 Å². The van der Waals surface area contributed by atoms with Crippen molar-refractivity contribution in [2.45, 2.75) is 88.5 Å². The minimum atomic E-state index is 0.903. The van der Waals surface area contributed by atoms with Crippen LogP contribution in [0.5, 0.6) is 0 Å². The molecule has 0 atom stereocenters. The molecular formula is C54H80N6. The number of benzene rings is 7. The van der Waals surface area contributed by atoms with Crippen LogP contribution in [0, 0.1) is 0 Å². The summed E-state index contributed by atoms with van der Waals surface area (Å²) in [7, 11) is 8.22. The predicted molar refractivity (Wildman–Crippen MR) is 273 cm³/mol. The fourth-order valence-corrected chi connectivity index (χ4v) is 4.01. The monoisotopic (exact) mass is 813 g/mol. The molecule has 0 saturated heterocycles. The first-order valence-corrected chi connectivity index (χ1v) is 21.4. The van der Waals surface area contributed by atoms with E-state index in [1.54, 1.807) is 35.2 Å². The summed E-state index contributed by atoms with van der Waals surface area (Å²) in [6, 6.07) is 59.8. The fourth-order valence-electron chi connectivity index (χ4n) is 4.01. The topological polar surface area (TPSA) is 74.2 Å². The highest BCUT2D eigenvalue weighted by molar-refractivity contribution is 5.83. The summed E-state index contributed by atoms with van der Waals surface area (Å²) in [5.74, 6) is 0. The van der Waals surface area contributed by atoms with Crippen LogP contribution in [0.4, 0.5) is 5.69 Å². The molecular weight excluding hydrogens is 733 g/mol. The van der Waals surface area contributed by atoms with E-state index in [2.05, 4.69) is 218 Å². The maximum absolute atomic E-state index is 3.83. The minimum absolute atomic E-state index is 0.903. The molecule has 0 bridgehead atoms. The van der Waals surface area contributed by atoms with Crippen LogP contribution in [-0.4, -0.2) is 35.2 Å². The molecule has 7 aromatic rings. The Morgan fingerprint density at radius 2 is 0.400 bits per heavy atom. The molecule has 0 aliphatic carbocycles. The maximum Gasteiger partial charge on any atom is 0.0852 e. The van der Waals surface area contributed by atoms with Crippen LogP contribution in [0.2, 0.25) is 0 Å². The zero-order valence-electron chi connectivity index (χ0n) is 40.0. The van der Waals surface area contributed by atoms with Gasteiger partial charge < -0.3 is 0 Å². The summed E-state index contributed by atoms with van der Waals surface area (Å²) in [6.45, 7) is 20.8. The van der Waals surface area contributed by atoms with Gasteiger partial charge in [0.2, 0.25) is 0 Å². The van der Waals surface area contributed by atoms with E-state index in [-0.39, 0.29) is 0 Å². The lowest BCUT2D eigenvalue weighted by atomic mass is 10.1. The molecule has 0 unspecified atom stereocenters. The van der Waals surface area contributed by atoms with Crippen molar-refractivity contribution in [2.75, 3.05) is 35.2 Å². The first kappa shape index (κ1) is 60.8. The lowest BCUT2D eigenvalue weighted by Gasteiger charge is -1.92. The summed E-state index contributed by atoms with van der Waals surface area (Å²) in [5.41, 5.74) is 0.903. The number of rotatable bonds is 1. The molecule has 326 valence electrons. The number of nitrogens with zero attached hydrogens (tertiary/aromatic N) is 6. The Bertz CT molecular complexity index is 1570. The van der Waals surface area contributed by atoms with Crippen molar-refractivity contribution in [1.82, 2.24) is 0 Å². The van der Waals surface area contributed by atoms with Crippen LogP contribution < -0.4 is 0 Å². The van der Waals surface area contributed by atoms with Gasteiger partial charge in [-0.15, -0.1) is 0 Å². The van der Waals surface area contributed by atoms with Gasteiger partial charge in [0.15, 0.2) is 0 Å². The molecule has 7 rings (SSSR count). The van der Waals surface area contributed by atoms with Crippen LogP contribution in [-0.2, 0) is 0 Å². The SMILES string of the molecule is CC.CC.CCC.CCC.CCC.CN=NC.CN=NC.CN=Nc1ccccc1.c1ccc2ccccc2c1.c1ccc2ccccc2c1.c1ccc2ccccc2c1. The summed E-state index contributed by atoms with van der Waals surface area (Å²) >= 11 is 0. The molecule has 6 heteroatoms. The van der Waals surface area contributed by atoms with Gasteiger partial charge in [0, 0.05) is 35.2 Å². The van der Waals surface area contributed by atoms with Crippen molar-refractivity contribution in [1.29, 1.82) is 0 Å². The van der Waals surface area contributed by atoms with E-state index in [9.17, 15) is 0 Å². The van der Waals surface area contributed by atoms with Gasteiger partial charge in [0.1, 0.15) is 0 Å². The standard InChI is InChI=1S/3C10H8.C7H8N2.3C3H8.2C2H6N2.2C2H6/c3*1-2-6-10-8-4-3-7-9(10)5-1;1-8-9-7-5-3-2-4-6-7;3*1-3-2;2*1-3-4-2;2*1-2/h3*1-8H;2-6H,1H3;3*3H2,1-2H3;2*1-2H3;2*1-2H3. The molecule has 7 aromatic carbocycles. The number of fused-ring (bicyclic) bond motifs is 3. The Kier molecular flexibility index (Phi) is 51.8. The van der Waals surface area contributed by atoms with Crippen LogP contribution in [0.25, 0.3) is 32.3 Å². The molecule has 0 aliphatic heterocycles. The second-order valence-corrected chi connectivity index (χ2v) is 11.6. The largest absolute Gasteiger partial charge is 0.198 e. The van der Waals surface area contributed by atoms with Gasteiger partial charge in [-0.1, -0.05) is 252 Å². The van der Waals surface area contributed by atoms with E-state index in [1.807, 2.05) is 58.0 Å². The van der Waals surface area contributed by atoms with Gasteiger partial charge in [0.25, 0.3) is 0 Å². The van der Waals surface area contributed by atoms with Crippen LogP contribution >= 0.6 is 0 Å². The Labute approximate surface area is 367 Å². The van der Waals surface area contributed by atoms with Gasteiger partial charge in [-0.25, -0.2) is 0 Å². The molecule has 0 aromatic heterocycles. The van der Waals surface area contributed by atoms with E-state index in [4.69, 9.17) is 0 Å². The van der Waals surface area contributed by atoms with Crippen LogP contribution in [0.1, 0.15) is 88.5 Å². The number of hydrogen-bond acceptors (Lipinski definition) is 6.